The molecule has 5 heteroatoms. The van der Waals surface area contributed by atoms with Gasteiger partial charge in [-0.1, -0.05) is 59.6 Å². The molecule has 3 rings (SSSR count). The fourth-order valence-corrected chi connectivity index (χ4v) is 12.4. The average Bonchev–Trinajstić information content (AvgIpc) is 2.77. The van der Waals surface area contributed by atoms with Crippen molar-refractivity contribution in [3.05, 3.63) is 36.5 Å². The summed E-state index contributed by atoms with van der Waals surface area (Å²) >= 11 is 8.03. The van der Waals surface area contributed by atoms with Gasteiger partial charge in [-0.15, -0.1) is 0 Å². The van der Waals surface area contributed by atoms with E-state index in [9.17, 15) is 0 Å². The van der Waals surface area contributed by atoms with Gasteiger partial charge in [-0.3, -0.25) is 0 Å². The van der Waals surface area contributed by atoms with Crippen LogP contribution in [0.1, 0.15) is 33.1 Å². The van der Waals surface area contributed by atoms with Crippen LogP contribution in [0.4, 0.5) is 0 Å². The summed E-state index contributed by atoms with van der Waals surface area (Å²) in [5.74, 6) is 0.621. The summed E-state index contributed by atoms with van der Waals surface area (Å²) in [5.41, 5.74) is -0.566. The van der Waals surface area contributed by atoms with Crippen LogP contribution >= 0.6 is 16.8 Å². The molecule has 2 unspecified atom stereocenters. The van der Waals surface area contributed by atoms with E-state index in [1.807, 2.05) is 17.5 Å². The van der Waals surface area contributed by atoms with Gasteiger partial charge in [-0.25, -0.2) is 0 Å². The minimum atomic E-state index is -1.99. The minimum Gasteiger partial charge on any atom is -0.376 e. The Morgan fingerprint density at radius 1 is 1.45 bits per heavy atom. The molecule has 0 spiro atoms. The fourth-order valence-electron chi connectivity index (χ4n) is 3.65. The number of hydrogen-bond acceptors (Lipinski definition) is 4. The van der Waals surface area contributed by atoms with Gasteiger partial charge in [0.25, 0.3) is 0 Å². The second kappa shape index (κ2) is 6.22. The molecule has 0 aromatic rings. The third-order valence-electron chi connectivity index (χ3n) is 5.17. The molecule has 2 aliphatic carbocycles. The largest absolute Gasteiger partial charge is 0.376 e. The fraction of sp³-hybridized carbons (Fsp3) is 0.647. The predicted molar refractivity (Wildman–Crippen MR) is 100 cm³/mol. The third-order valence-corrected chi connectivity index (χ3v) is 12.6. The van der Waals surface area contributed by atoms with Crippen LogP contribution < -0.4 is 0 Å². The molecule has 1 saturated heterocycles. The quantitative estimate of drug-likeness (QED) is 0.519. The lowest BCUT2D eigenvalue weighted by atomic mass is 9.77. The molecule has 0 amide bonds. The number of fused-ring (bicyclic) bond motifs is 1. The molecule has 0 aromatic carbocycles. The third kappa shape index (κ3) is 2.93. The van der Waals surface area contributed by atoms with Crippen molar-refractivity contribution in [3.63, 3.8) is 0 Å². The van der Waals surface area contributed by atoms with E-state index in [1.165, 1.54) is 12.0 Å². The molecule has 2 nitrogen and oxygen atoms in total. The Balaban J connectivity index is 1.83. The zero-order valence-electron chi connectivity index (χ0n) is 13.5. The van der Waals surface area contributed by atoms with Gasteiger partial charge in [0.15, 0.2) is 0 Å². The molecule has 3 aliphatic rings. The number of hydrogen-bond donors (Lipinski definition) is 0. The number of rotatable bonds is 3. The zero-order valence-corrected chi connectivity index (χ0v) is 16.1. The van der Waals surface area contributed by atoms with E-state index in [2.05, 4.69) is 38.7 Å². The van der Waals surface area contributed by atoms with Crippen LogP contribution in [-0.2, 0) is 21.1 Å². The zero-order chi connectivity index (χ0) is 16.0. The number of allylic oxidation sites excluding steroid dienone is 3. The van der Waals surface area contributed by atoms with E-state index in [1.54, 1.807) is 7.11 Å². The van der Waals surface area contributed by atoms with Crippen LogP contribution in [0.2, 0.25) is 0 Å². The molecular formula is C17H25O2PS2. The van der Waals surface area contributed by atoms with Crippen molar-refractivity contribution in [2.75, 3.05) is 7.11 Å². The Morgan fingerprint density at radius 3 is 2.86 bits per heavy atom. The summed E-state index contributed by atoms with van der Waals surface area (Å²) < 4.78 is 12.3. The van der Waals surface area contributed by atoms with Gasteiger partial charge >= 0.3 is 0 Å². The molecule has 0 N–H and O–H groups in total. The Labute approximate surface area is 143 Å². The Bertz CT molecular complexity index is 571. The molecule has 0 radical (unpaired) electrons. The number of methoxy groups -OCH3 is 1. The van der Waals surface area contributed by atoms with Crippen molar-refractivity contribution in [2.45, 2.75) is 55.7 Å². The highest BCUT2D eigenvalue weighted by Crippen LogP contribution is 2.77. The Morgan fingerprint density at radius 2 is 2.18 bits per heavy atom. The molecular weight excluding hydrogens is 331 g/mol. The van der Waals surface area contributed by atoms with E-state index in [4.69, 9.17) is 21.1 Å². The molecule has 1 heterocycles. The smallest absolute Gasteiger partial charge is 0.130 e. The van der Waals surface area contributed by atoms with E-state index in [0.717, 1.165) is 12.8 Å². The van der Waals surface area contributed by atoms with Gasteiger partial charge in [-0.2, -0.15) is 0 Å². The van der Waals surface area contributed by atoms with E-state index < -0.39 is 5.47 Å². The average molecular weight is 356 g/mol. The molecule has 1 saturated carbocycles. The molecule has 22 heavy (non-hydrogen) atoms. The summed E-state index contributed by atoms with van der Waals surface area (Å²) in [7, 11) is 1.76. The standard InChI is InChI=1S/C17H25O2PS2/c1-12(2)13-9-10-17(3)16(11-13)22-20(21,19-17)15-8-6-5-7-14(15)18-4/h5-8,13-16H,1,9-11H2,2-4H3/t13-,14?,15?,16+,17+,20+/m1/s1. The van der Waals surface area contributed by atoms with Gasteiger partial charge in [0, 0.05) is 12.4 Å². The van der Waals surface area contributed by atoms with Crippen LogP contribution in [-0.4, -0.2) is 29.7 Å². The van der Waals surface area contributed by atoms with E-state index >= 15 is 0 Å². The molecule has 0 aromatic heterocycles. The first-order valence-corrected chi connectivity index (χ1v) is 12.2. The summed E-state index contributed by atoms with van der Waals surface area (Å²) in [6.45, 7) is 8.57. The second-order valence-electron chi connectivity index (χ2n) is 6.82. The van der Waals surface area contributed by atoms with Crippen LogP contribution in [0.15, 0.2) is 36.5 Å². The highest BCUT2D eigenvalue weighted by molar-refractivity contribution is 8.70. The molecule has 2 fully saturated rings. The highest BCUT2D eigenvalue weighted by atomic mass is 32.9. The maximum Gasteiger partial charge on any atom is 0.130 e. The number of ether oxygens (including phenoxy) is 1. The van der Waals surface area contributed by atoms with Crippen LogP contribution in [0.25, 0.3) is 0 Å². The Kier molecular flexibility index (Phi) is 4.80. The van der Waals surface area contributed by atoms with Crippen molar-refractivity contribution in [2.24, 2.45) is 5.92 Å². The van der Waals surface area contributed by atoms with E-state index in [0.29, 0.717) is 11.2 Å². The SMILES string of the molecule is C=C(C)[C@@H]1CC[C@]2(C)O[P@](=S)(C3C=CC=CC3OC)S[C@H]2C1. The summed E-state index contributed by atoms with van der Waals surface area (Å²) in [6, 6.07) is 0. The maximum atomic E-state index is 6.63. The van der Waals surface area contributed by atoms with Crippen LogP contribution in [0.5, 0.6) is 0 Å². The van der Waals surface area contributed by atoms with Crippen LogP contribution in [0, 0.1) is 5.92 Å². The lowest BCUT2D eigenvalue weighted by molar-refractivity contribution is 0.0633. The lowest BCUT2D eigenvalue weighted by Crippen LogP contribution is -2.40. The predicted octanol–water partition coefficient (Wildman–Crippen LogP) is 5.07. The maximum absolute atomic E-state index is 6.63. The minimum absolute atomic E-state index is 0.0454. The molecule has 0 bridgehead atoms. The van der Waals surface area contributed by atoms with Gasteiger partial charge in [0.1, 0.15) is 5.47 Å². The van der Waals surface area contributed by atoms with Crippen LogP contribution in [0.3, 0.4) is 0 Å². The first kappa shape index (κ1) is 17.0. The van der Waals surface area contributed by atoms with Crippen molar-refractivity contribution in [1.82, 2.24) is 0 Å². The van der Waals surface area contributed by atoms with Crippen molar-refractivity contribution in [3.8, 4) is 0 Å². The van der Waals surface area contributed by atoms with Crippen molar-refractivity contribution >= 4 is 28.7 Å². The summed E-state index contributed by atoms with van der Waals surface area (Å²) in [4.78, 5) is 0. The summed E-state index contributed by atoms with van der Waals surface area (Å²) in [6.07, 6.45) is 11.9. The molecule has 122 valence electrons. The highest BCUT2D eigenvalue weighted by Gasteiger charge is 2.55. The van der Waals surface area contributed by atoms with Gasteiger partial charge in [0.2, 0.25) is 0 Å². The molecule has 1 aliphatic heterocycles. The lowest BCUT2D eigenvalue weighted by Gasteiger charge is -2.38. The molecule has 6 atom stereocenters. The first-order valence-electron chi connectivity index (χ1n) is 7.90. The van der Waals surface area contributed by atoms with E-state index in [-0.39, 0.29) is 17.4 Å². The second-order valence-corrected chi connectivity index (χ2v) is 14.0. The van der Waals surface area contributed by atoms with Crippen molar-refractivity contribution in [1.29, 1.82) is 0 Å². The van der Waals surface area contributed by atoms with Gasteiger partial charge < -0.3 is 9.26 Å². The Hall–Kier alpha value is 0.140. The van der Waals surface area contributed by atoms with Crippen molar-refractivity contribution < 1.29 is 9.26 Å². The monoisotopic (exact) mass is 356 g/mol. The first-order chi connectivity index (χ1) is 10.4. The van der Waals surface area contributed by atoms with Gasteiger partial charge in [-0.05, 0) is 39.0 Å². The normalized spacial score (nSPS) is 47.4. The topological polar surface area (TPSA) is 18.5 Å². The summed E-state index contributed by atoms with van der Waals surface area (Å²) in [5, 5.41) is 0.491. The van der Waals surface area contributed by atoms with Gasteiger partial charge in [0.05, 0.1) is 17.4 Å².